The summed E-state index contributed by atoms with van der Waals surface area (Å²) in [5.74, 6) is 0. The summed E-state index contributed by atoms with van der Waals surface area (Å²) in [4.78, 5) is 16.4. The largest absolute Gasteiger partial charge is 0.376 e. The first-order valence-electron chi connectivity index (χ1n) is 7.95. The Labute approximate surface area is 136 Å². The molecule has 1 unspecified atom stereocenters. The number of carbonyl (C=O) groups is 1. The van der Waals surface area contributed by atoms with Gasteiger partial charge in [-0.2, -0.15) is 0 Å². The summed E-state index contributed by atoms with van der Waals surface area (Å²) in [6.07, 6.45) is 4.01. The highest BCUT2D eigenvalue weighted by Crippen LogP contribution is 2.20. The van der Waals surface area contributed by atoms with Gasteiger partial charge in [0.25, 0.3) is 0 Å². The molecule has 0 aliphatic carbocycles. The van der Waals surface area contributed by atoms with Gasteiger partial charge in [0.15, 0.2) is 0 Å². The van der Waals surface area contributed by atoms with E-state index in [1.54, 1.807) is 6.20 Å². The second kappa shape index (κ2) is 7.74. The van der Waals surface area contributed by atoms with E-state index >= 15 is 0 Å². The van der Waals surface area contributed by atoms with Crippen LogP contribution in [0.15, 0.2) is 48.7 Å². The quantitative estimate of drug-likeness (QED) is 0.892. The zero-order chi connectivity index (χ0) is 15.9. The van der Waals surface area contributed by atoms with Crippen molar-refractivity contribution < 1.29 is 9.53 Å². The van der Waals surface area contributed by atoms with E-state index in [0.717, 1.165) is 36.3 Å². The number of hydrogen-bond donors (Lipinski definition) is 2. The fraction of sp³-hybridized carbons (Fsp3) is 0.333. The number of carbonyl (C=O) groups excluding carboxylic acids is 1. The molecule has 1 aliphatic rings. The minimum absolute atomic E-state index is 0.152. The van der Waals surface area contributed by atoms with Crippen LogP contribution in [-0.4, -0.2) is 30.3 Å². The van der Waals surface area contributed by atoms with Crippen LogP contribution in [0.5, 0.6) is 0 Å². The molecule has 3 rings (SSSR count). The van der Waals surface area contributed by atoms with Gasteiger partial charge in [0.2, 0.25) is 0 Å². The van der Waals surface area contributed by atoms with Crippen molar-refractivity contribution in [3.05, 3.63) is 54.2 Å². The van der Waals surface area contributed by atoms with Gasteiger partial charge in [-0.3, -0.25) is 4.98 Å². The van der Waals surface area contributed by atoms with E-state index < -0.39 is 0 Å². The van der Waals surface area contributed by atoms with E-state index in [2.05, 4.69) is 15.6 Å². The van der Waals surface area contributed by atoms with Gasteiger partial charge in [0, 0.05) is 31.5 Å². The number of nitrogens with zero attached hydrogens (tertiary/aromatic N) is 1. The van der Waals surface area contributed by atoms with Crippen molar-refractivity contribution in [2.45, 2.75) is 25.5 Å². The molecule has 1 atom stereocenters. The first-order chi connectivity index (χ1) is 11.3. The van der Waals surface area contributed by atoms with Crippen LogP contribution in [0, 0.1) is 0 Å². The average molecular weight is 311 g/mol. The monoisotopic (exact) mass is 311 g/mol. The van der Waals surface area contributed by atoms with Gasteiger partial charge in [-0.05, 0) is 24.5 Å². The minimum Gasteiger partial charge on any atom is -0.376 e. The molecule has 0 bridgehead atoms. The van der Waals surface area contributed by atoms with Gasteiger partial charge in [-0.1, -0.05) is 36.4 Å². The molecule has 120 valence electrons. The second-order valence-corrected chi connectivity index (χ2v) is 5.58. The molecule has 2 amide bonds. The lowest BCUT2D eigenvalue weighted by Crippen LogP contribution is -2.39. The molecule has 0 radical (unpaired) electrons. The van der Waals surface area contributed by atoms with Gasteiger partial charge in [0.1, 0.15) is 0 Å². The van der Waals surface area contributed by atoms with Crippen LogP contribution in [0.2, 0.25) is 0 Å². The van der Waals surface area contributed by atoms with Gasteiger partial charge < -0.3 is 15.4 Å². The standard InChI is InChI=1S/C18H21N3O2/c22-18(21-13-16-9-5-11-23-16)20-12-15-8-4-10-19-17(15)14-6-2-1-3-7-14/h1-4,6-8,10,16H,5,9,11-13H2,(H2,20,21,22). The third-order valence-electron chi connectivity index (χ3n) is 3.89. The lowest BCUT2D eigenvalue weighted by molar-refractivity contribution is 0.111. The first kappa shape index (κ1) is 15.5. The molecule has 1 aliphatic heterocycles. The van der Waals surface area contributed by atoms with E-state index in [-0.39, 0.29) is 12.1 Å². The molecule has 23 heavy (non-hydrogen) atoms. The van der Waals surface area contributed by atoms with Crippen LogP contribution in [0.4, 0.5) is 4.79 Å². The summed E-state index contributed by atoms with van der Waals surface area (Å²) in [5.41, 5.74) is 2.93. The molecule has 2 aromatic rings. The third-order valence-corrected chi connectivity index (χ3v) is 3.89. The number of benzene rings is 1. The van der Waals surface area contributed by atoms with Crippen LogP contribution in [0.3, 0.4) is 0 Å². The van der Waals surface area contributed by atoms with Gasteiger partial charge >= 0.3 is 6.03 Å². The summed E-state index contributed by atoms with van der Waals surface area (Å²) in [6, 6.07) is 13.7. The molecule has 5 heteroatoms. The maximum absolute atomic E-state index is 11.9. The Morgan fingerprint density at radius 1 is 1.17 bits per heavy atom. The number of nitrogens with one attached hydrogen (secondary N) is 2. The predicted octanol–water partition coefficient (Wildman–Crippen LogP) is 2.73. The predicted molar refractivity (Wildman–Crippen MR) is 88.9 cm³/mol. The zero-order valence-electron chi connectivity index (χ0n) is 13.0. The Morgan fingerprint density at radius 2 is 2.04 bits per heavy atom. The highest BCUT2D eigenvalue weighted by molar-refractivity contribution is 5.74. The topological polar surface area (TPSA) is 63.2 Å². The van der Waals surface area contributed by atoms with Crippen LogP contribution >= 0.6 is 0 Å². The van der Waals surface area contributed by atoms with Crippen molar-refractivity contribution in [2.75, 3.05) is 13.2 Å². The van der Waals surface area contributed by atoms with E-state index in [4.69, 9.17) is 4.74 Å². The lowest BCUT2D eigenvalue weighted by Gasteiger charge is -2.13. The molecule has 5 nitrogen and oxygen atoms in total. The molecule has 2 N–H and O–H groups in total. The number of rotatable bonds is 5. The molecular weight excluding hydrogens is 290 g/mol. The van der Waals surface area contributed by atoms with Crippen molar-refractivity contribution in [2.24, 2.45) is 0 Å². The molecule has 2 heterocycles. The van der Waals surface area contributed by atoms with Gasteiger partial charge in [-0.25, -0.2) is 4.79 Å². The Balaban J connectivity index is 1.56. The number of amides is 2. The van der Waals surface area contributed by atoms with Gasteiger partial charge in [0.05, 0.1) is 11.8 Å². The number of aromatic nitrogens is 1. The highest BCUT2D eigenvalue weighted by Gasteiger charge is 2.16. The van der Waals surface area contributed by atoms with Crippen molar-refractivity contribution >= 4 is 6.03 Å². The van der Waals surface area contributed by atoms with E-state index in [1.165, 1.54) is 0 Å². The van der Waals surface area contributed by atoms with Crippen molar-refractivity contribution in [1.29, 1.82) is 0 Å². The van der Waals surface area contributed by atoms with Crippen LogP contribution in [-0.2, 0) is 11.3 Å². The normalized spacial score (nSPS) is 17.0. The first-order valence-corrected chi connectivity index (χ1v) is 7.95. The summed E-state index contributed by atoms with van der Waals surface area (Å²) in [6.45, 7) is 1.80. The van der Waals surface area contributed by atoms with Gasteiger partial charge in [-0.15, -0.1) is 0 Å². The molecule has 1 aromatic carbocycles. The summed E-state index contributed by atoms with van der Waals surface area (Å²) in [7, 11) is 0. The number of pyridine rings is 1. The van der Waals surface area contributed by atoms with Crippen molar-refractivity contribution in [3.63, 3.8) is 0 Å². The lowest BCUT2D eigenvalue weighted by atomic mass is 10.1. The summed E-state index contributed by atoms with van der Waals surface area (Å²) >= 11 is 0. The maximum Gasteiger partial charge on any atom is 0.315 e. The third kappa shape index (κ3) is 4.29. The second-order valence-electron chi connectivity index (χ2n) is 5.58. The molecule has 1 aromatic heterocycles. The van der Waals surface area contributed by atoms with E-state index in [1.807, 2.05) is 42.5 Å². The maximum atomic E-state index is 11.9. The molecule has 0 spiro atoms. The average Bonchev–Trinajstić information content (AvgIpc) is 3.13. The number of ether oxygens (including phenoxy) is 1. The van der Waals surface area contributed by atoms with Crippen LogP contribution < -0.4 is 10.6 Å². The minimum atomic E-state index is -0.177. The van der Waals surface area contributed by atoms with Crippen molar-refractivity contribution in [3.8, 4) is 11.3 Å². The fourth-order valence-electron chi connectivity index (χ4n) is 2.69. The van der Waals surface area contributed by atoms with E-state index in [9.17, 15) is 4.79 Å². The Hall–Kier alpha value is -2.40. The number of hydrogen-bond acceptors (Lipinski definition) is 3. The molecule has 1 saturated heterocycles. The van der Waals surface area contributed by atoms with E-state index in [0.29, 0.717) is 13.1 Å². The molecular formula is C18H21N3O2. The Bertz CT molecular complexity index is 640. The van der Waals surface area contributed by atoms with Crippen LogP contribution in [0.1, 0.15) is 18.4 Å². The fourth-order valence-corrected chi connectivity index (χ4v) is 2.69. The number of urea groups is 1. The summed E-state index contributed by atoms with van der Waals surface area (Å²) in [5, 5.41) is 5.75. The Morgan fingerprint density at radius 3 is 2.83 bits per heavy atom. The summed E-state index contributed by atoms with van der Waals surface area (Å²) < 4.78 is 5.49. The molecule has 0 saturated carbocycles. The molecule has 1 fully saturated rings. The highest BCUT2D eigenvalue weighted by atomic mass is 16.5. The SMILES string of the molecule is O=C(NCc1cccnc1-c1ccccc1)NCC1CCCO1. The Kier molecular flexibility index (Phi) is 5.21. The van der Waals surface area contributed by atoms with Crippen LogP contribution in [0.25, 0.3) is 11.3 Å². The zero-order valence-corrected chi connectivity index (χ0v) is 13.0. The smallest absolute Gasteiger partial charge is 0.315 e. The van der Waals surface area contributed by atoms with Crippen molar-refractivity contribution in [1.82, 2.24) is 15.6 Å².